The minimum atomic E-state index is -0.388. The highest BCUT2D eigenvalue weighted by Crippen LogP contribution is 2.24. The van der Waals surface area contributed by atoms with Crippen LogP contribution >= 0.6 is 11.8 Å². The van der Waals surface area contributed by atoms with Crippen molar-refractivity contribution in [3.05, 3.63) is 75.7 Å². The fourth-order valence-corrected chi connectivity index (χ4v) is 4.16. The number of ketones is 1. The van der Waals surface area contributed by atoms with E-state index in [0.717, 1.165) is 17.3 Å². The van der Waals surface area contributed by atoms with Gasteiger partial charge in [-0.05, 0) is 43.7 Å². The van der Waals surface area contributed by atoms with Gasteiger partial charge in [0.15, 0.2) is 10.9 Å². The van der Waals surface area contributed by atoms with E-state index in [9.17, 15) is 9.59 Å². The van der Waals surface area contributed by atoms with E-state index in [1.165, 1.54) is 11.5 Å². The molecule has 0 aliphatic carbocycles. The molecule has 4 rings (SSSR count). The lowest BCUT2D eigenvalue weighted by atomic mass is 10.2. The van der Waals surface area contributed by atoms with Gasteiger partial charge in [-0.3, -0.25) is 14.0 Å². The van der Waals surface area contributed by atoms with Crippen LogP contribution in [0.4, 0.5) is 0 Å². The van der Waals surface area contributed by atoms with Crippen LogP contribution < -0.4 is 11.3 Å². The molecule has 0 radical (unpaired) electrons. The van der Waals surface area contributed by atoms with Gasteiger partial charge in [0.05, 0.1) is 22.3 Å². The topological polar surface area (TPSA) is 119 Å². The molecule has 0 spiro atoms. The number of carbonyl (C=O) groups is 1. The second-order valence-corrected chi connectivity index (χ2v) is 7.94. The van der Waals surface area contributed by atoms with E-state index >= 15 is 0 Å². The maximum absolute atomic E-state index is 13.3. The molecule has 0 fully saturated rings. The number of carbonyl (C=O) groups excluding carboxylic acids is 1. The maximum Gasteiger partial charge on any atom is 0.267 e. The number of thioether (sulfide) groups is 1. The van der Waals surface area contributed by atoms with Gasteiger partial charge in [0.1, 0.15) is 11.6 Å². The van der Waals surface area contributed by atoms with Gasteiger partial charge in [0.2, 0.25) is 5.78 Å². The van der Waals surface area contributed by atoms with Crippen molar-refractivity contribution in [1.29, 1.82) is 5.26 Å². The predicted molar refractivity (Wildman–Crippen MR) is 119 cm³/mol. The summed E-state index contributed by atoms with van der Waals surface area (Å²) in [4.78, 5) is 25.7. The van der Waals surface area contributed by atoms with Crippen LogP contribution in [0, 0.1) is 18.3 Å². The number of hydrogen-bond donors (Lipinski definition) is 1. The van der Waals surface area contributed by atoms with Gasteiger partial charge in [-0.2, -0.15) is 5.26 Å². The standard InChI is InChI=1S/C22H18N6O2S/c1-13-6-5-7-15(10-13)27-20(30)16-8-3-4-9-18(16)28-21(27)25-26-22(28)31-12-19(29)17(11-23)14(2)24/h3-10H,12,24H2,1-2H3. The van der Waals surface area contributed by atoms with E-state index in [-0.39, 0.29) is 28.4 Å². The molecule has 2 aromatic carbocycles. The first-order valence-electron chi connectivity index (χ1n) is 9.40. The van der Waals surface area contributed by atoms with Gasteiger partial charge in [-0.15, -0.1) is 10.2 Å². The van der Waals surface area contributed by atoms with Crippen molar-refractivity contribution < 1.29 is 4.79 Å². The lowest BCUT2D eigenvalue weighted by Crippen LogP contribution is -2.22. The number of nitrogens with zero attached hydrogens (tertiary/aromatic N) is 5. The Bertz CT molecular complexity index is 1470. The monoisotopic (exact) mass is 430 g/mol. The van der Waals surface area contributed by atoms with Crippen LogP contribution in [-0.2, 0) is 4.79 Å². The average Bonchev–Trinajstić information content (AvgIpc) is 3.16. The van der Waals surface area contributed by atoms with Gasteiger partial charge in [0, 0.05) is 5.70 Å². The Balaban J connectivity index is 1.91. The van der Waals surface area contributed by atoms with Crippen molar-refractivity contribution in [1.82, 2.24) is 19.2 Å². The number of para-hydroxylation sites is 1. The highest BCUT2D eigenvalue weighted by molar-refractivity contribution is 7.99. The fraction of sp³-hybridized carbons (Fsp3) is 0.136. The van der Waals surface area contributed by atoms with Crippen molar-refractivity contribution in [2.24, 2.45) is 5.73 Å². The third-order valence-electron chi connectivity index (χ3n) is 4.77. The number of Topliss-reactive ketones (excluding diaryl/α,β-unsaturated/α-hetero) is 1. The number of allylic oxidation sites excluding steroid dienone is 2. The normalized spacial score (nSPS) is 12.0. The van der Waals surface area contributed by atoms with Gasteiger partial charge < -0.3 is 5.73 Å². The van der Waals surface area contributed by atoms with Crippen LogP contribution in [-0.4, -0.2) is 30.7 Å². The molecule has 0 aliphatic rings. The number of benzene rings is 2. The van der Waals surface area contributed by atoms with Gasteiger partial charge in [0.25, 0.3) is 5.56 Å². The maximum atomic E-state index is 13.3. The van der Waals surface area contributed by atoms with Crippen molar-refractivity contribution in [3.8, 4) is 11.8 Å². The lowest BCUT2D eigenvalue weighted by Gasteiger charge is -2.11. The molecule has 8 nitrogen and oxygen atoms in total. The second-order valence-electron chi connectivity index (χ2n) is 7.00. The van der Waals surface area contributed by atoms with Crippen LogP contribution in [0.5, 0.6) is 0 Å². The van der Waals surface area contributed by atoms with E-state index in [0.29, 0.717) is 27.5 Å². The number of rotatable bonds is 5. The summed E-state index contributed by atoms with van der Waals surface area (Å²) in [7, 11) is 0. The van der Waals surface area contributed by atoms with E-state index in [1.54, 1.807) is 16.5 Å². The first-order valence-corrected chi connectivity index (χ1v) is 10.4. The third-order valence-corrected chi connectivity index (χ3v) is 5.70. The Kier molecular flexibility index (Phi) is 5.31. The number of aryl methyl sites for hydroxylation is 1. The van der Waals surface area contributed by atoms with Gasteiger partial charge >= 0.3 is 0 Å². The van der Waals surface area contributed by atoms with Crippen molar-refractivity contribution in [2.75, 3.05) is 5.75 Å². The number of nitriles is 1. The molecule has 0 aliphatic heterocycles. The Morgan fingerprint density at radius 1 is 1.19 bits per heavy atom. The SMILES string of the molecule is CC(N)=C(C#N)C(=O)CSc1nnc2n(-c3cccc(C)c3)c(=O)c3ccccc3n12. The Morgan fingerprint density at radius 2 is 1.97 bits per heavy atom. The first kappa shape index (κ1) is 20.4. The molecule has 31 heavy (non-hydrogen) atoms. The smallest absolute Gasteiger partial charge is 0.267 e. The molecule has 0 atom stereocenters. The Labute approximate surface area is 181 Å². The van der Waals surface area contributed by atoms with Crippen LogP contribution in [0.15, 0.2) is 69.8 Å². The second kappa shape index (κ2) is 8.08. The van der Waals surface area contributed by atoms with Crippen molar-refractivity contribution >= 4 is 34.2 Å². The lowest BCUT2D eigenvalue weighted by molar-refractivity contribution is -0.112. The van der Waals surface area contributed by atoms with E-state index < -0.39 is 0 Å². The quantitative estimate of drug-likeness (QED) is 0.294. The number of nitrogens with two attached hydrogens (primary N) is 1. The highest BCUT2D eigenvalue weighted by atomic mass is 32.2. The van der Waals surface area contributed by atoms with Crippen LogP contribution in [0.25, 0.3) is 22.4 Å². The predicted octanol–water partition coefficient (Wildman–Crippen LogP) is 2.76. The summed E-state index contributed by atoms with van der Waals surface area (Å²) in [6, 6.07) is 16.6. The zero-order valence-corrected chi connectivity index (χ0v) is 17.7. The zero-order chi connectivity index (χ0) is 22.1. The molecular weight excluding hydrogens is 412 g/mol. The summed E-state index contributed by atoms with van der Waals surface area (Å²) >= 11 is 1.14. The summed E-state index contributed by atoms with van der Waals surface area (Å²) in [6.45, 7) is 3.46. The largest absolute Gasteiger partial charge is 0.401 e. The Hall–Kier alpha value is -3.90. The average molecular weight is 430 g/mol. The summed E-state index contributed by atoms with van der Waals surface area (Å²) in [5.74, 6) is -0.0771. The van der Waals surface area contributed by atoms with Crippen LogP contribution in [0.1, 0.15) is 12.5 Å². The minimum Gasteiger partial charge on any atom is -0.401 e. The summed E-state index contributed by atoms with van der Waals surface area (Å²) in [6.07, 6.45) is 0. The molecule has 0 saturated carbocycles. The van der Waals surface area contributed by atoms with Gasteiger partial charge in [-0.25, -0.2) is 4.57 Å². The zero-order valence-electron chi connectivity index (χ0n) is 16.9. The molecule has 154 valence electrons. The molecule has 2 N–H and O–H groups in total. The summed E-state index contributed by atoms with van der Waals surface area (Å²) in [5.41, 5.74) is 7.85. The molecule has 9 heteroatoms. The first-order chi connectivity index (χ1) is 14.9. The highest BCUT2D eigenvalue weighted by Gasteiger charge is 2.19. The van der Waals surface area contributed by atoms with Crippen LogP contribution in [0.2, 0.25) is 0 Å². The van der Waals surface area contributed by atoms with Crippen molar-refractivity contribution in [3.63, 3.8) is 0 Å². The summed E-state index contributed by atoms with van der Waals surface area (Å²) < 4.78 is 3.26. The molecule has 0 unspecified atom stereocenters. The molecule has 2 aromatic heterocycles. The number of aromatic nitrogens is 4. The van der Waals surface area contributed by atoms with Gasteiger partial charge in [-0.1, -0.05) is 36.0 Å². The Morgan fingerprint density at radius 3 is 2.68 bits per heavy atom. The summed E-state index contributed by atoms with van der Waals surface area (Å²) in [5, 5.41) is 18.6. The molecule has 2 heterocycles. The molecule has 4 aromatic rings. The number of hydrogen-bond acceptors (Lipinski definition) is 7. The molecule has 0 bridgehead atoms. The molecular formula is C22H18N6O2S. The molecule has 0 amide bonds. The van der Waals surface area contributed by atoms with E-state index in [2.05, 4.69) is 10.2 Å². The van der Waals surface area contributed by atoms with Crippen LogP contribution in [0.3, 0.4) is 0 Å². The number of fused-ring (bicyclic) bond motifs is 3. The minimum absolute atomic E-state index is 0.0316. The molecule has 0 saturated heterocycles. The fourth-order valence-electron chi connectivity index (χ4n) is 3.34. The van der Waals surface area contributed by atoms with E-state index in [1.807, 2.05) is 49.4 Å². The van der Waals surface area contributed by atoms with E-state index in [4.69, 9.17) is 11.0 Å². The van der Waals surface area contributed by atoms with Crippen molar-refractivity contribution in [2.45, 2.75) is 19.0 Å². The third kappa shape index (κ3) is 3.58.